The SMILES string of the molecule is CCC[C@@H](C)C[C@@H](CC)[C@H](NC(=O)OC(C)(C)C)C(=O)N1C[C@H](Oc2cc(-n3ccc(C(C)C)n3)nc3cc(OC)ccc23)C[C@H]1C(=O)N[C@]1(C(=O)NS(=O)(=O)C2(C)CC2)C[C@H]1C. The summed E-state index contributed by atoms with van der Waals surface area (Å²) < 4.78 is 47.2. The number of aromatic nitrogens is 3. The van der Waals surface area contributed by atoms with E-state index in [4.69, 9.17) is 24.3 Å². The normalized spacial score (nSPS) is 23.1. The number of sulfonamides is 1. The highest BCUT2D eigenvalue weighted by molar-refractivity contribution is 7.91. The van der Waals surface area contributed by atoms with Gasteiger partial charge in [-0.15, -0.1) is 0 Å². The quantitative estimate of drug-likeness (QED) is 0.125. The van der Waals surface area contributed by atoms with Crippen LogP contribution < -0.4 is 24.8 Å². The number of fused-ring (bicyclic) bond motifs is 1. The standard InChI is InChI=1S/C46H67N7O9S/c1-12-14-28(5)21-30(13-2)39(48-43(57)62-44(7,8)9)41(55)52-26-32(23-36(52)40(54)49-46(25-29(46)6)42(56)51-63(58,59)45(10)18-19-45)61-37-24-38(53-20-17-34(50-53)27(3)4)47-35-22-31(60-11)15-16-33(35)37/h15-17,20,22,24,27-30,32,36,39H,12-14,18-19,21,23,25-26H2,1-11H3,(H,48,57)(H,49,54)(H,51,56)/t28-,29-,30-,32-,36+,39+,46-/m1/s1. The van der Waals surface area contributed by atoms with Crippen molar-refractivity contribution in [1.82, 2.24) is 35.0 Å². The van der Waals surface area contributed by atoms with E-state index in [1.165, 1.54) is 4.90 Å². The van der Waals surface area contributed by atoms with Gasteiger partial charge in [0.2, 0.25) is 21.8 Å². The fourth-order valence-corrected chi connectivity index (χ4v) is 9.86. The number of benzene rings is 1. The van der Waals surface area contributed by atoms with Gasteiger partial charge in [0.25, 0.3) is 5.91 Å². The average molecular weight is 894 g/mol. The molecule has 3 aliphatic rings. The number of hydrogen-bond donors (Lipinski definition) is 3. The number of carbonyl (C=O) groups is 4. The van der Waals surface area contributed by atoms with Gasteiger partial charge in [-0.1, -0.05) is 60.8 Å². The van der Waals surface area contributed by atoms with E-state index in [1.54, 1.807) is 64.6 Å². The van der Waals surface area contributed by atoms with Crippen LogP contribution in [0.25, 0.3) is 16.7 Å². The maximum atomic E-state index is 15.2. The zero-order valence-corrected chi connectivity index (χ0v) is 39.6. The minimum atomic E-state index is -3.99. The van der Waals surface area contributed by atoms with Crippen molar-refractivity contribution < 1.29 is 41.8 Å². The molecule has 0 spiro atoms. The molecule has 1 saturated heterocycles. The number of ether oxygens (including phenoxy) is 3. The molecular formula is C46H67N7O9S. The van der Waals surface area contributed by atoms with Crippen molar-refractivity contribution in [1.29, 1.82) is 0 Å². The van der Waals surface area contributed by atoms with Crippen molar-refractivity contribution in [2.75, 3.05) is 13.7 Å². The van der Waals surface area contributed by atoms with Crippen molar-refractivity contribution >= 4 is 44.7 Å². The van der Waals surface area contributed by atoms with E-state index in [1.807, 2.05) is 25.3 Å². The van der Waals surface area contributed by atoms with E-state index in [9.17, 15) is 22.8 Å². The van der Waals surface area contributed by atoms with Crippen LogP contribution in [0.15, 0.2) is 36.5 Å². The van der Waals surface area contributed by atoms with Gasteiger partial charge in [-0.3, -0.25) is 19.1 Å². The van der Waals surface area contributed by atoms with Crippen LogP contribution in [-0.2, 0) is 29.1 Å². The zero-order chi connectivity index (χ0) is 46.2. The van der Waals surface area contributed by atoms with E-state index < -0.39 is 67.9 Å². The predicted octanol–water partition coefficient (Wildman–Crippen LogP) is 6.54. The minimum Gasteiger partial charge on any atom is -0.497 e. The van der Waals surface area contributed by atoms with Crippen molar-refractivity contribution in [3.63, 3.8) is 0 Å². The fraction of sp³-hybridized carbons (Fsp3) is 0.652. The molecule has 1 aliphatic heterocycles. The Balaban J connectivity index is 1.37. The fourth-order valence-electron chi connectivity index (χ4n) is 8.55. The number of nitrogens with zero attached hydrogens (tertiary/aromatic N) is 4. The summed E-state index contributed by atoms with van der Waals surface area (Å²) >= 11 is 0. The summed E-state index contributed by atoms with van der Waals surface area (Å²) in [6.45, 7) is 18.8. The van der Waals surface area contributed by atoms with Crippen molar-refractivity contribution in [3.8, 4) is 17.3 Å². The van der Waals surface area contributed by atoms with Gasteiger partial charge in [-0.05, 0) is 95.2 Å². The number of methoxy groups -OCH3 is 1. The van der Waals surface area contributed by atoms with E-state index in [2.05, 4.69) is 43.1 Å². The van der Waals surface area contributed by atoms with Crippen LogP contribution in [0, 0.1) is 17.8 Å². The first-order valence-corrected chi connectivity index (χ1v) is 23.9. The molecule has 6 rings (SSSR count). The molecule has 4 amide bonds. The Morgan fingerprint density at radius 2 is 1.75 bits per heavy atom. The number of likely N-dealkylation sites (tertiary alicyclic amines) is 1. The van der Waals surface area contributed by atoms with Crippen LogP contribution in [0.2, 0.25) is 0 Å². The zero-order valence-electron chi connectivity index (χ0n) is 38.7. The molecule has 2 aromatic heterocycles. The number of hydrogen-bond acceptors (Lipinski definition) is 11. The first-order valence-electron chi connectivity index (χ1n) is 22.4. The monoisotopic (exact) mass is 893 g/mol. The van der Waals surface area contributed by atoms with Gasteiger partial charge in [0.1, 0.15) is 40.8 Å². The van der Waals surface area contributed by atoms with Gasteiger partial charge in [-0.25, -0.2) is 22.9 Å². The molecule has 3 heterocycles. The van der Waals surface area contributed by atoms with Crippen LogP contribution in [0.1, 0.15) is 132 Å². The molecule has 0 bridgehead atoms. The maximum Gasteiger partial charge on any atom is 0.408 e. The highest BCUT2D eigenvalue weighted by Crippen LogP contribution is 2.46. The van der Waals surface area contributed by atoms with Crippen LogP contribution >= 0.6 is 0 Å². The highest BCUT2D eigenvalue weighted by atomic mass is 32.2. The van der Waals surface area contributed by atoms with E-state index in [0.29, 0.717) is 53.9 Å². The number of alkyl carbamates (subject to hydrolysis) is 1. The van der Waals surface area contributed by atoms with Crippen LogP contribution in [-0.4, -0.2) is 99.6 Å². The lowest BCUT2D eigenvalue weighted by Gasteiger charge is -2.34. The van der Waals surface area contributed by atoms with E-state index in [-0.39, 0.29) is 43.1 Å². The van der Waals surface area contributed by atoms with Crippen molar-refractivity contribution in [2.45, 2.75) is 161 Å². The number of nitrogens with one attached hydrogen (secondary N) is 3. The largest absolute Gasteiger partial charge is 0.497 e. The molecule has 63 heavy (non-hydrogen) atoms. The third-order valence-electron chi connectivity index (χ3n) is 12.9. The Kier molecular flexibility index (Phi) is 13.8. The van der Waals surface area contributed by atoms with Gasteiger partial charge in [0.15, 0.2) is 5.82 Å². The van der Waals surface area contributed by atoms with Crippen LogP contribution in [0.4, 0.5) is 4.79 Å². The van der Waals surface area contributed by atoms with Crippen molar-refractivity contribution in [2.24, 2.45) is 17.8 Å². The van der Waals surface area contributed by atoms with E-state index >= 15 is 4.79 Å². The Morgan fingerprint density at radius 1 is 1.05 bits per heavy atom. The van der Waals surface area contributed by atoms with Crippen LogP contribution in [0.3, 0.4) is 0 Å². The first kappa shape index (κ1) is 47.5. The predicted molar refractivity (Wildman–Crippen MR) is 239 cm³/mol. The van der Waals surface area contributed by atoms with Gasteiger partial charge in [-0.2, -0.15) is 5.10 Å². The molecule has 16 nitrogen and oxygen atoms in total. The second-order valence-corrected chi connectivity index (χ2v) is 21.8. The second kappa shape index (κ2) is 18.3. The molecule has 346 valence electrons. The Labute approximate surface area is 372 Å². The summed E-state index contributed by atoms with van der Waals surface area (Å²) in [5.74, 6) is -0.669. The van der Waals surface area contributed by atoms with Gasteiger partial charge < -0.3 is 29.7 Å². The molecule has 2 saturated carbocycles. The molecule has 3 fully saturated rings. The molecule has 2 aliphatic carbocycles. The summed E-state index contributed by atoms with van der Waals surface area (Å²) in [5.41, 5.74) is -0.883. The van der Waals surface area contributed by atoms with Gasteiger partial charge in [0, 0.05) is 30.1 Å². The maximum absolute atomic E-state index is 15.2. The lowest BCUT2D eigenvalue weighted by atomic mass is 9.85. The molecule has 0 radical (unpaired) electrons. The average Bonchev–Trinajstić information content (AvgIpc) is 3.94. The van der Waals surface area contributed by atoms with Crippen molar-refractivity contribution in [3.05, 3.63) is 42.2 Å². The van der Waals surface area contributed by atoms with Crippen LogP contribution in [0.5, 0.6) is 11.5 Å². The van der Waals surface area contributed by atoms with Gasteiger partial charge in [0.05, 0.1) is 29.6 Å². The molecule has 0 unspecified atom stereocenters. The highest BCUT2D eigenvalue weighted by Gasteiger charge is 2.62. The summed E-state index contributed by atoms with van der Waals surface area (Å²) in [7, 11) is -2.42. The Hall–Kier alpha value is -4.93. The number of pyridine rings is 1. The number of rotatable bonds is 18. The molecule has 3 N–H and O–H groups in total. The third kappa shape index (κ3) is 10.6. The van der Waals surface area contributed by atoms with Gasteiger partial charge >= 0.3 is 6.09 Å². The molecule has 7 atom stereocenters. The Bertz CT molecular complexity index is 2300. The molecule has 1 aromatic carbocycles. The minimum absolute atomic E-state index is 0.0246. The number of amides is 4. The lowest BCUT2D eigenvalue weighted by molar-refractivity contribution is -0.142. The topological polar surface area (TPSA) is 200 Å². The summed E-state index contributed by atoms with van der Waals surface area (Å²) in [6.07, 6.45) is 4.51. The smallest absolute Gasteiger partial charge is 0.408 e. The van der Waals surface area contributed by atoms with E-state index in [0.717, 1.165) is 18.5 Å². The second-order valence-electron chi connectivity index (χ2n) is 19.6. The summed E-state index contributed by atoms with van der Waals surface area (Å²) in [4.78, 5) is 63.5. The molecular weight excluding hydrogens is 827 g/mol. The summed E-state index contributed by atoms with van der Waals surface area (Å²) in [5, 5.41) is 11.2. The third-order valence-corrected chi connectivity index (χ3v) is 15.0. The number of carbonyl (C=O) groups excluding carboxylic acids is 4. The lowest BCUT2D eigenvalue weighted by Crippen LogP contribution is -2.59. The Morgan fingerprint density at radius 3 is 2.32 bits per heavy atom. The summed E-state index contributed by atoms with van der Waals surface area (Å²) in [6, 6.07) is 6.91. The molecule has 3 aromatic rings. The first-order chi connectivity index (χ1) is 29.5. The molecule has 17 heteroatoms.